The van der Waals surface area contributed by atoms with E-state index in [4.69, 9.17) is 0 Å². The first-order chi connectivity index (χ1) is 10.8. The summed E-state index contributed by atoms with van der Waals surface area (Å²) in [6.45, 7) is 3.50. The molecule has 0 bridgehead atoms. The summed E-state index contributed by atoms with van der Waals surface area (Å²) in [4.78, 5) is 12.3. The lowest BCUT2D eigenvalue weighted by Crippen LogP contribution is -2.47. The fraction of sp³-hybridized carbons (Fsp3) is 0.588. The minimum Gasteiger partial charge on any atom is -0.352 e. The Bertz CT molecular complexity index is 642. The zero-order chi connectivity index (χ0) is 17.0. The molecule has 0 unspecified atom stereocenters. The highest BCUT2D eigenvalue weighted by Gasteiger charge is 2.31. The van der Waals surface area contributed by atoms with Gasteiger partial charge in [0.2, 0.25) is 5.91 Å². The summed E-state index contributed by atoms with van der Waals surface area (Å²) in [5.74, 6) is -0.740. The van der Waals surface area contributed by atoms with Gasteiger partial charge in [-0.05, 0) is 43.4 Å². The predicted octanol–water partition coefficient (Wildman–Crippen LogP) is 2.82. The second-order valence-electron chi connectivity index (χ2n) is 6.45. The molecule has 128 valence electrons. The number of carbonyl (C=O) groups is 1. The number of rotatable bonds is 5. The largest absolute Gasteiger partial charge is 0.352 e. The molecule has 6 heteroatoms. The minimum absolute atomic E-state index is 0.0553. The average molecular weight is 341 g/mol. The van der Waals surface area contributed by atoms with E-state index in [2.05, 4.69) is 12.2 Å². The van der Waals surface area contributed by atoms with E-state index < -0.39 is 26.8 Å². The van der Waals surface area contributed by atoms with Crippen molar-refractivity contribution in [1.82, 2.24) is 5.32 Å². The molecule has 0 aromatic heterocycles. The number of nitrogens with one attached hydrogen (secondary N) is 1. The molecule has 0 heterocycles. The summed E-state index contributed by atoms with van der Waals surface area (Å²) in [6, 6.07) is 5.36. The molecule has 1 amide bonds. The molecule has 1 aliphatic rings. The molecule has 1 aromatic carbocycles. The van der Waals surface area contributed by atoms with E-state index >= 15 is 0 Å². The molecule has 0 spiro atoms. The molecule has 1 aromatic rings. The molecule has 2 rings (SSSR count). The number of sulfone groups is 1. The standard InChI is InChI=1S/C17H24FNO3S/c1-12-5-3-4-6-16(12)19-17(20)13(2)23(21,22)11-14-7-9-15(18)10-8-14/h7-10,12-13,16H,3-6,11H2,1-2H3,(H,19,20)/t12-,13-,16+/m1/s1. The van der Waals surface area contributed by atoms with Crippen LogP contribution in [0.25, 0.3) is 0 Å². The Morgan fingerprint density at radius 1 is 1.26 bits per heavy atom. The topological polar surface area (TPSA) is 63.2 Å². The first-order valence-corrected chi connectivity index (χ1v) is 9.77. The van der Waals surface area contributed by atoms with Gasteiger partial charge < -0.3 is 5.32 Å². The van der Waals surface area contributed by atoms with Crippen molar-refractivity contribution in [2.75, 3.05) is 0 Å². The molecule has 1 N–H and O–H groups in total. The molecule has 0 radical (unpaired) electrons. The van der Waals surface area contributed by atoms with Crippen LogP contribution in [0.1, 0.15) is 45.1 Å². The third-order valence-corrected chi connectivity index (χ3v) is 6.66. The quantitative estimate of drug-likeness (QED) is 0.896. The van der Waals surface area contributed by atoms with Crippen LogP contribution >= 0.6 is 0 Å². The smallest absolute Gasteiger partial charge is 0.238 e. The highest BCUT2D eigenvalue weighted by atomic mass is 32.2. The Morgan fingerprint density at radius 2 is 1.87 bits per heavy atom. The van der Waals surface area contributed by atoms with Gasteiger partial charge in [0.05, 0.1) is 5.75 Å². The van der Waals surface area contributed by atoms with Crippen LogP contribution in [-0.2, 0) is 20.4 Å². The third kappa shape index (κ3) is 4.77. The van der Waals surface area contributed by atoms with Gasteiger partial charge >= 0.3 is 0 Å². The molecular formula is C17H24FNO3S. The minimum atomic E-state index is -3.63. The fourth-order valence-electron chi connectivity index (χ4n) is 2.93. The van der Waals surface area contributed by atoms with E-state index in [1.165, 1.54) is 31.2 Å². The summed E-state index contributed by atoms with van der Waals surface area (Å²) in [5, 5.41) is 1.78. The lowest BCUT2D eigenvalue weighted by molar-refractivity contribution is -0.121. The number of benzene rings is 1. The van der Waals surface area contributed by atoms with Crippen LogP contribution < -0.4 is 5.32 Å². The maximum Gasteiger partial charge on any atom is 0.238 e. The van der Waals surface area contributed by atoms with Crippen LogP contribution in [-0.4, -0.2) is 25.6 Å². The molecule has 0 saturated heterocycles. The molecule has 1 fully saturated rings. The normalized spacial score (nSPS) is 23.3. The number of hydrogen-bond donors (Lipinski definition) is 1. The Balaban J connectivity index is 2.00. The van der Waals surface area contributed by atoms with Crippen molar-refractivity contribution in [3.8, 4) is 0 Å². The van der Waals surface area contributed by atoms with Crippen molar-refractivity contribution >= 4 is 15.7 Å². The first-order valence-electron chi connectivity index (χ1n) is 8.06. The number of hydrogen-bond acceptors (Lipinski definition) is 3. The maximum absolute atomic E-state index is 12.9. The van der Waals surface area contributed by atoms with Gasteiger partial charge in [0.1, 0.15) is 11.1 Å². The molecule has 1 saturated carbocycles. The summed E-state index contributed by atoms with van der Waals surface area (Å²) in [6.07, 6.45) is 4.18. The highest BCUT2D eigenvalue weighted by molar-refractivity contribution is 7.92. The monoisotopic (exact) mass is 341 g/mol. The van der Waals surface area contributed by atoms with Crippen molar-refractivity contribution in [1.29, 1.82) is 0 Å². The Kier molecular flexibility index (Phi) is 5.79. The predicted molar refractivity (Wildman–Crippen MR) is 88.0 cm³/mol. The number of amides is 1. The molecule has 23 heavy (non-hydrogen) atoms. The van der Waals surface area contributed by atoms with E-state index in [9.17, 15) is 17.6 Å². The SMILES string of the molecule is C[C@@H]1CCCC[C@@H]1NC(=O)[C@@H](C)S(=O)(=O)Cc1ccc(F)cc1. The lowest BCUT2D eigenvalue weighted by atomic mass is 9.86. The molecule has 0 aliphatic heterocycles. The van der Waals surface area contributed by atoms with E-state index in [1.807, 2.05) is 0 Å². The van der Waals surface area contributed by atoms with Crippen LogP contribution in [0.2, 0.25) is 0 Å². The van der Waals surface area contributed by atoms with Crippen LogP contribution in [0.3, 0.4) is 0 Å². The van der Waals surface area contributed by atoms with Crippen molar-refractivity contribution in [3.05, 3.63) is 35.6 Å². The van der Waals surface area contributed by atoms with E-state index in [-0.39, 0.29) is 11.8 Å². The molecule has 4 nitrogen and oxygen atoms in total. The molecule has 3 atom stereocenters. The van der Waals surface area contributed by atoms with E-state index in [0.717, 1.165) is 25.7 Å². The second-order valence-corrected chi connectivity index (χ2v) is 8.77. The van der Waals surface area contributed by atoms with Gasteiger partial charge in [0.15, 0.2) is 9.84 Å². The van der Waals surface area contributed by atoms with E-state index in [1.54, 1.807) is 0 Å². The van der Waals surface area contributed by atoms with Gasteiger partial charge in [0, 0.05) is 6.04 Å². The van der Waals surface area contributed by atoms with Crippen LogP contribution in [0, 0.1) is 11.7 Å². The lowest BCUT2D eigenvalue weighted by Gasteiger charge is -2.30. The van der Waals surface area contributed by atoms with Gasteiger partial charge in [-0.15, -0.1) is 0 Å². The van der Waals surface area contributed by atoms with Crippen molar-refractivity contribution in [3.63, 3.8) is 0 Å². The molecular weight excluding hydrogens is 317 g/mol. The van der Waals surface area contributed by atoms with Crippen LogP contribution in [0.4, 0.5) is 4.39 Å². The van der Waals surface area contributed by atoms with E-state index in [0.29, 0.717) is 11.5 Å². The average Bonchev–Trinajstić information content (AvgIpc) is 2.51. The first kappa shape index (κ1) is 17.9. The van der Waals surface area contributed by atoms with Crippen LogP contribution in [0.5, 0.6) is 0 Å². The second kappa shape index (κ2) is 7.43. The summed E-state index contributed by atoms with van der Waals surface area (Å²) >= 11 is 0. The Hall–Kier alpha value is -1.43. The summed E-state index contributed by atoms with van der Waals surface area (Å²) < 4.78 is 37.7. The fourth-order valence-corrected chi connectivity index (χ4v) is 4.23. The number of halogens is 1. The third-order valence-electron chi connectivity index (χ3n) is 4.63. The molecule has 1 aliphatic carbocycles. The highest BCUT2D eigenvalue weighted by Crippen LogP contribution is 2.24. The van der Waals surface area contributed by atoms with Gasteiger partial charge in [-0.1, -0.05) is 31.9 Å². The summed E-state index contributed by atoms with van der Waals surface area (Å²) in [7, 11) is -3.63. The Labute approximate surface area is 137 Å². The van der Waals surface area contributed by atoms with Crippen LogP contribution in [0.15, 0.2) is 24.3 Å². The van der Waals surface area contributed by atoms with Gasteiger partial charge in [-0.3, -0.25) is 4.79 Å². The van der Waals surface area contributed by atoms with Gasteiger partial charge in [-0.2, -0.15) is 0 Å². The Morgan fingerprint density at radius 3 is 2.48 bits per heavy atom. The van der Waals surface area contributed by atoms with Gasteiger partial charge in [0.25, 0.3) is 0 Å². The van der Waals surface area contributed by atoms with Crippen molar-refractivity contribution < 1.29 is 17.6 Å². The zero-order valence-electron chi connectivity index (χ0n) is 13.6. The summed E-state index contributed by atoms with van der Waals surface area (Å²) in [5.41, 5.74) is 0.483. The zero-order valence-corrected chi connectivity index (χ0v) is 14.4. The van der Waals surface area contributed by atoms with Gasteiger partial charge in [-0.25, -0.2) is 12.8 Å². The van der Waals surface area contributed by atoms with Crippen molar-refractivity contribution in [2.45, 2.75) is 56.6 Å². The van der Waals surface area contributed by atoms with Crippen molar-refractivity contribution in [2.24, 2.45) is 5.92 Å². The number of carbonyl (C=O) groups excluding carboxylic acids is 1. The maximum atomic E-state index is 12.9.